The number of hydrogen-bond donors (Lipinski definition) is 0. The Bertz CT molecular complexity index is 423. The lowest BCUT2D eigenvalue weighted by Gasteiger charge is -2.16. The van der Waals surface area contributed by atoms with Crippen LogP contribution in [-0.4, -0.2) is 18.9 Å². The van der Waals surface area contributed by atoms with E-state index in [9.17, 15) is 4.79 Å². The first kappa shape index (κ1) is 10.8. The molecule has 0 aliphatic carbocycles. The van der Waals surface area contributed by atoms with E-state index in [1.165, 1.54) is 7.11 Å². The summed E-state index contributed by atoms with van der Waals surface area (Å²) < 4.78 is 15.8. The predicted molar refractivity (Wildman–Crippen MR) is 57.5 cm³/mol. The second-order valence-corrected chi connectivity index (χ2v) is 4.10. The molecule has 0 saturated carbocycles. The van der Waals surface area contributed by atoms with Crippen molar-refractivity contribution in [1.82, 2.24) is 0 Å². The van der Waals surface area contributed by atoms with Gasteiger partial charge in [-0.05, 0) is 6.07 Å². The molecule has 0 bridgehead atoms. The first-order valence-corrected chi connectivity index (χ1v) is 5.08. The highest BCUT2D eigenvalue weighted by molar-refractivity contribution is 5.74. The van der Waals surface area contributed by atoms with Crippen molar-refractivity contribution in [3.63, 3.8) is 0 Å². The molecule has 0 radical (unpaired) electrons. The number of esters is 1. The van der Waals surface area contributed by atoms with E-state index in [1.54, 1.807) is 0 Å². The highest BCUT2D eigenvalue weighted by Gasteiger charge is 2.33. The molecule has 4 heteroatoms. The van der Waals surface area contributed by atoms with E-state index in [0.29, 0.717) is 11.5 Å². The van der Waals surface area contributed by atoms with Crippen LogP contribution in [-0.2, 0) is 16.0 Å². The van der Waals surface area contributed by atoms with Crippen molar-refractivity contribution < 1.29 is 19.0 Å². The van der Waals surface area contributed by atoms with E-state index in [1.807, 2.05) is 32.0 Å². The molecule has 0 saturated heterocycles. The van der Waals surface area contributed by atoms with Gasteiger partial charge in [0.2, 0.25) is 5.79 Å². The van der Waals surface area contributed by atoms with Crippen molar-refractivity contribution >= 4 is 5.97 Å². The Balaban J connectivity index is 2.30. The Hall–Kier alpha value is -1.71. The van der Waals surface area contributed by atoms with Crippen LogP contribution in [0.15, 0.2) is 18.2 Å². The normalized spacial score (nSPS) is 15.9. The van der Waals surface area contributed by atoms with Crippen LogP contribution in [0.2, 0.25) is 0 Å². The monoisotopic (exact) mass is 222 g/mol. The van der Waals surface area contributed by atoms with Crippen LogP contribution < -0.4 is 9.47 Å². The van der Waals surface area contributed by atoms with E-state index >= 15 is 0 Å². The first-order valence-electron chi connectivity index (χ1n) is 5.08. The van der Waals surface area contributed by atoms with E-state index in [4.69, 9.17) is 9.47 Å². The summed E-state index contributed by atoms with van der Waals surface area (Å²) in [6.45, 7) is 3.66. The Morgan fingerprint density at radius 3 is 2.81 bits per heavy atom. The minimum absolute atomic E-state index is 0.194. The number of ether oxygens (including phenoxy) is 3. The molecule has 0 fully saturated rings. The summed E-state index contributed by atoms with van der Waals surface area (Å²) in [5.41, 5.74) is 0.787. The van der Waals surface area contributed by atoms with Crippen molar-refractivity contribution in [3.05, 3.63) is 23.8 Å². The predicted octanol–water partition coefficient (Wildman–Crippen LogP) is 1.91. The molecule has 0 N–H and O–H groups in total. The molecule has 86 valence electrons. The van der Waals surface area contributed by atoms with Gasteiger partial charge in [-0.3, -0.25) is 4.79 Å². The second-order valence-electron chi connectivity index (χ2n) is 4.10. The number of carbonyl (C=O) groups is 1. The largest absolute Gasteiger partial charge is 0.469 e. The van der Waals surface area contributed by atoms with Crippen LogP contribution in [0.4, 0.5) is 0 Å². The maximum absolute atomic E-state index is 11.2. The molecule has 0 atom stereocenters. The van der Waals surface area contributed by atoms with Gasteiger partial charge in [-0.15, -0.1) is 0 Å². The third-order valence-corrected chi connectivity index (χ3v) is 2.33. The molecule has 0 unspecified atom stereocenters. The maximum Gasteiger partial charge on any atom is 0.310 e. The molecule has 1 aliphatic heterocycles. The van der Waals surface area contributed by atoms with Crippen LogP contribution in [0, 0.1) is 0 Å². The number of carbonyl (C=O) groups excluding carboxylic acids is 1. The summed E-state index contributed by atoms with van der Waals surface area (Å²) >= 11 is 0. The molecule has 1 aromatic carbocycles. The summed E-state index contributed by atoms with van der Waals surface area (Å²) in [4.78, 5) is 11.2. The number of rotatable bonds is 2. The Labute approximate surface area is 94.1 Å². The van der Waals surface area contributed by atoms with Crippen molar-refractivity contribution in [3.8, 4) is 11.5 Å². The van der Waals surface area contributed by atoms with Gasteiger partial charge in [0, 0.05) is 19.4 Å². The third-order valence-electron chi connectivity index (χ3n) is 2.33. The minimum Gasteiger partial charge on any atom is -0.469 e. The van der Waals surface area contributed by atoms with Gasteiger partial charge in [0.15, 0.2) is 11.5 Å². The molecular formula is C12H14O4. The lowest BCUT2D eigenvalue weighted by atomic mass is 10.1. The Kier molecular flexibility index (Phi) is 2.50. The van der Waals surface area contributed by atoms with Gasteiger partial charge in [0.05, 0.1) is 13.5 Å². The van der Waals surface area contributed by atoms with Crippen molar-refractivity contribution in [2.45, 2.75) is 26.1 Å². The molecule has 0 spiro atoms. The van der Waals surface area contributed by atoms with Gasteiger partial charge in [0.1, 0.15) is 0 Å². The molecule has 2 rings (SSSR count). The summed E-state index contributed by atoms with van der Waals surface area (Å²) in [6.07, 6.45) is 0.194. The van der Waals surface area contributed by atoms with Crippen LogP contribution in [0.1, 0.15) is 19.4 Å². The molecule has 1 aromatic rings. The van der Waals surface area contributed by atoms with Crippen LogP contribution in [0.25, 0.3) is 0 Å². The molecule has 0 aromatic heterocycles. The maximum atomic E-state index is 11.2. The summed E-state index contributed by atoms with van der Waals surface area (Å²) in [6, 6.07) is 5.49. The average molecular weight is 222 g/mol. The fourth-order valence-corrected chi connectivity index (χ4v) is 1.66. The number of benzene rings is 1. The fourth-order valence-electron chi connectivity index (χ4n) is 1.66. The highest BCUT2D eigenvalue weighted by Crippen LogP contribution is 2.41. The summed E-state index contributed by atoms with van der Waals surface area (Å²) in [5.74, 6) is 0.347. The summed E-state index contributed by atoms with van der Waals surface area (Å²) in [7, 11) is 1.37. The van der Waals surface area contributed by atoms with Gasteiger partial charge < -0.3 is 14.2 Å². The first-order chi connectivity index (χ1) is 7.52. The molecule has 1 aliphatic rings. The lowest BCUT2D eigenvalue weighted by molar-refractivity contribution is -0.139. The average Bonchev–Trinajstić information content (AvgIpc) is 2.53. The second kappa shape index (κ2) is 3.70. The Morgan fingerprint density at radius 1 is 1.38 bits per heavy atom. The van der Waals surface area contributed by atoms with Crippen molar-refractivity contribution in [2.75, 3.05) is 7.11 Å². The smallest absolute Gasteiger partial charge is 0.310 e. The topological polar surface area (TPSA) is 44.8 Å². The number of hydrogen-bond acceptors (Lipinski definition) is 4. The SMILES string of the molecule is COC(=O)Cc1cccc2c1OC(C)(C)O2. The molecular weight excluding hydrogens is 208 g/mol. The zero-order chi connectivity index (χ0) is 11.8. The third kappa shape index (κ3) is 1.96. The van der Waals surface area contributed by atoms with Gasteiger partial charge in [0.25, 0.3) is 0 Å². The summed E-state index contributed by atoms with van der Waals surface area (Å²) in [5, 5.41) is 0. The van der Waals surface area contributed by atoms with Crippen molar-refractivity contribution in [2.24, 2.45) is 0 Å². The fraction of sp³-hybridized carbons (Fsp3) is 0.417. The highest BCUT2D eigenvalue weighted by atomic mass is 16.7. The van der Waals surface area contributed by atoms with Gasteiger partial charge in [-0.2, -0.15) is 0 Å². The zero-order valence-corrected chi connectivity index (χ0v) is 9.57. The van der Waals surface area contributed by atoms with E-state index < -0.39 is 5.79 Å². The Morgan fingerprint density at radius 2 is 2.12 bits per heavy atom. The van der Waals surface area contributed by atoms with Crippen LogP contribution in [0.5, 0.6) is 11.5 Å². The lowest BCUT2D eigenvalue weighted by Crippen LogP contribution is -2.30. The van der Waals surface area contributed by atoms with Gasteiger partial charge in [-0.25, -0.2) is 0 Å². The van der Waals surface area contributed by atoms with E-state index in [2.05, 4.69) is 4.74 Å². The molecule has 0 amide bonds. The van der Waals surface area contributed by atoms with Crippen LogP contribution >= 0.6 is 0 Å². The number of methoxy groups -OCH3 is 1. The zero-order valence-electron chi connectivity index (χ0n) is 9.57. The molecule has 4 nitrogen and oxygen atoms in total. The minimum atomic E-state index is -0.672. The van der Waals surface area contributed by atoms with Crippen molar-refractivity contribution in [1.29, 1.82) is 0 Å². The van der Waals surface area contributed by atoms with Crippen LogP contribution in [0.3, 0.4) is 0 Å². The standard InChI is InChI=1S/C12H14O4/c1-12(2)15-9-6-4-5-8(11(9)16-12)7-10(13)14-3/h4-6H,7H2,1-3H3. The molecule has 1 heterocycles. The van der Waals surface area contributed by atoms with Gasteiger partial charge in [-0.1, -0.05) is 12.1 Å². The van der Waals surface area contributed by atoms with E-state index in [0.717, 1.165) is 5.56 Å². The number of fused-ring (bicyclic) bond motifs is 1. The quantitative estimate of drug-likeness (QED) is 0.717. The van der Waals surface area contributed by atoms with Gasteiger partial charge >= 0.3 is 5.97 Å². The number of para-hydroxylation sites is 1. The van der Waals surface area contributed by atoms with E-state index in [-0.39, 0.29) is 12.4 Å². The molecule has 16 heavy (non-hydrogen) atoms.